The zero-order valence-electron chi connectivity index (χ0n) is 15.5. The zero-order valence-corrected chi connectivity index (χ0v) is 15.5. The second-order valence-electron chi connectivity index (χ2n) is 8.18. The maximum absolute atomic E-state index is 13.2. The van der Waals surface area contributed by atoms with E-state index in [1.54, 1.807) is 0 Å². The van der Waals surface area contributed by atoms with E-state index in [0.29, 0.717) is 11.3 Å². The molecular formula is C22H25N3O2. The van der Waals surface area contributed by atoms with Crippen LogP contribution >= 0.6 is 0 Å². The van der Waals surface area contributed by atoms with Gasteiger partial charge in [0.15, 0.2) is 0 Å². The van der Waals surface area contributed by atoms with Gasteiger partial charge in [0, 0.05) is 19.0 Å². The molecule has 5 nitrogen and oxygen atoms in total. The van der Waals surface area contributed by atoms with Crippen molar-refractivity contribution in [3.8, 4) is 0 Å². The van der Waals surface area contributed by atoms with Crippen molar-refractivity contribution in [3.05, 3.63) is 52.6 Å². The van der Waals surface area contributed by atoms with E-state index in [1.807, 2.05) is 33.7 Å². The Labute approximate surface area is 158 Å². The molecular weight excluding hydrogens is 338 g/mol. The molecule has 1 aromatic carbocycles. The Kier molecular flexibility index (Phi) is 4.10. The Bertz CT molecular complexity index is 965. The third-order valence-electron chi connectivity index (χ3n) is 6.22. The molecule has 2 aliphatic carbocycles. The minimum Gasteiger partial charge on any atom is -0.332 e. The van der Waals surface area contributed by atoms with Crippen LogP contribution in [-0.2, 0) is 11.3 Å². The van der Waals surface area contributed by atoms with E-state index in [2.05, 4.69) is 12.2 Å². The van der Waals surface area contributed by atoms with Gasteiger partial charge in [0.1, 0.15) is 5.82 Å². The largest absolute Gasteiger partial charge is 0.332 e. The average molecular weight is 363 g/mol. The summed E-state index contributed by atoms with van der Waals surface area (Å²) in [6.45, 7) is 1.50. The van der Waals surface area contributed by atoms with Gasteiger partial charge in [-0.15, -0.1) is 0 Å². The van der Waals surface area contributed by atoms with Crippen molar-refractivity contribution in [2.45, 2.75) is 51.1 Å². The van der Waals surface area contributed by atoms with E-state index in [1.165, 1.54) is 12.8 Å². The molecule has 0 spiro atoms. The lowest BCUT2D eigenvalue weighted by Gasteiger charge is -2.29. The fourth-order valence-corrected chi connectivity index (χ4v) is 4.53. The Morgan fingerprint density at radius 1 is 1.11 bits per heavy atom. The summed E-state index contributed by atoms with van der Waals surface area (Å²) in [4.78, 5) is 33.2. The first-order chi connectivity index (χ1) is 13.2. The van der Waals surface area contributed by atoms with Crippen molar-refractivity contribution in [1.29, 1.82) is 0 Å². The Hall–Kier alpha value is -2.43. The summed E-state index contributed by atoms with van der Waals surface area (Å²) < 4.78 is 1.88. The Morgan fingerprint density at radius 3 is 2.67 bits per heavy atom. The topological polar surface area (TPSA) is 55.2 Å². The number of amides is 1. The van der Waals surface area contributed by atoms with Gasteiger partial charge in [-0.1, -0.05) is 24.3 Å². The fraction of sp³-hybridized carbons (Fsp3) is 0.500. The van der Waals surface area contributed by atoms with Crippen LogP contribution in [0.5, 0.6) is 0 Å². The maximum Gasteiger partial charge on any atom is 0.261 e. The number of carbonyl (C=O) groups excluding carboxylic acids is 1. The van der Waals surface area contributed by atoms with Gasteiger partial charge < -0.3 is 4.90 Å². The molecule has 2 fully saturated rings. The molecule has 27 heavy (non-hydrogen) atoms. The normalized spacial score (nSPS) is 22.8. The van der Waals surface area contributed by atoms with Gasteiger partial charge in [-0.05, 0) is 56.6 Å². The number of likely N-dealkylation sites (tertiary alicyclic amines) is 1. The highest BCUT2D eigenvalue weighted by Crippen LogP contribution is 2.36. The lowest BCUT2D eigenvalue weighted by molar-refractivity contribution is -0.136. The molecule has 5 heteroatoms. The van der Waals surface area contributed by atoms with Crippen molar-refractivity contribution >= 4 is 16.8 Å². The van der Waals surface area contributed by atoms with E-state index >= 15 is 0 Å². The first-order valence-corrected chi connectivity index (χ1v) is 10.2. The zero-order chi connectivity index (χ0) is 18.4. The second kappa shape index (κ2) is 6.63. The lowest BCUT2D eigenvalue weighted by atomic mass is 10.0. The monoisotopic (exact) mass is 363 g/mol. The highest BCUT2D eigenvalue weighted by atomic mass is 16.2. The summed E-state index contributed by atoms with van der Waals surface area (Å²) in [6, 6.07) is 7.51. The van der Waals surface area contributed by atoms with Crippen LogP contribution in [0.15, 0.2) is 41.2 Å². The van der Waals surface area contributed by atoms with Crippen LogP contribution in [0.4, 0.5) is 0 Å². The number of aromatic nitrogens is 2. The quantitative estimate of drug-likeness (QED) is 0.782. The van der Waals surface area contributed by atoms with Gasteiger partial charge in [-0.3, -0.25) is 14.2 Å². The summed E-state index contributed by atoms with van der Waals surface area (Å²) in [5.74, 6) is 1.66. The van der Waals surface area contributed by atoms with Gasteiger partial charge in [0.05, 0.1) is 16.9 Å². The molecule has 1 saturated heterocycles. The molecule has 0 N–H and O–H groups in total. The number of hydrogen-bond acceptors (Lipinski definition) is 3. The maximum atomic E-state index is 13.2. The molecule has 0 bridgehead atoms. The minimum absolute atomic E-state index is 0.0457. The molecule has 1 amide bonds. The SMILES string of the molecule is O=C(C1CC=CC1)N1CCCC1c1nc2ccccc2c(=O)n1CC1CC1. The number of para-hydroxylation sites is 1. The number of hydrogen-bond donors (Lipinski definition) is 0. The van der Waals surface area contributed by atoms with Gasteiger partial charge in [0.25, 0.3) is 5.56 Å². The van der Waals surface area contributed by atoms with Crippen molar-refractivity contribution in [3.63, 3.8) is 0 Å². The summed E-state index contributed by atoms with van der Waals surface area (Å²) in [6.07, 6.45) is 10.1. The van der Waals surface area contributed by atoms with Crippen molar-refractivity contribution in [2.75, 3.05) is 6.54 Å². The molecule has 1 saturated carbocycles. The number of carbonyl (C=O) groups is 1. The average Bonchev–Trinajstić information content (AvgIpc) is 3.15. The molecule has 1 aromatic heterocycles. The standard InChI is InChI=1S/C22H25N3O2/c26-21(16-6-1-2-7-16)24-13-5-10-19(24)20-23-18-9-4-3-8-17(18)22(27)25(20)14-15-11-12-15/h1-4,8-9,15-16,19H,5-7,10-14H2. The van der Waals surface area contributed by atoms with Gasteiger partial charge in [-0.2, -0.15) is 0 Å². The van der Waals surface area contributed by atoms with Crippen LogP contribution in [0.3, 0.4) is 0 Å². The first kappa shape index (κ1) is 16.7. The minimum atomic E-state index is -0.0749. The van der Waals surface area contributed by atoms with E-state index in [4.69, 9.17) is 4.98 Å². The molecule has 2 heterocycles. The highest BCUT2D eigenvalue weighted by molar-refractivity contribution is 5.81. The van der Waals surface area contributed by atoms with E-state index < -0.39 is 0 Å². The third-order valence-corrected chi connectivity index (χ3v) is 6.22. The Morgan fingerprint density at radius 2 is 1.89 bits per heavy atom. The molecule has 5 rings (SSSR count). The lowest BCUT2D eigenvalue weighted by Crippen LogP contribution is -2.38. The summed E-state index contributed by atoms with van der Waals surface area (Å²) >= 11 is 0. The van der Waals surface area contributed by atoms with Crippen molar-refractivity contribution < 1.29 is 4.79 Å². The van der Waals surface area contributed by atoms with E-state index in [9.17, 15) is 9.59 Å². The van der Waals surface area contributed by atoms with Crippen LogP contribution in [0.1, 0.15) is 50.4 Å². The summed E-state index contributed by atoms with van der Waals surface area (Å²) in [5.41, 5.74) is 0.788. The number of rotatable bonds is 4. The number of nitrogens with zero attached hydrogens (tertiary/aromatic N) is 3. The molecule has 2 aromatic rings. The van der Waals surface area contributed by atoms with Crippen molar-refractivity contribution in [2.24, 2.45) is 11.8 Å². The summed E-state index contributed by atoms with van der Waals surface area (Å²) in [5, 5.41) is 0.678. The molecule has 0 radical (unpaired) electrons. The highest BCUT2D eigenvalue weighted by Gasteiger charge is 2.37. The molecule has 1 atom stereocenters. The number of benzene rings is 1. The second-order valence-corrected chi connectivity index (χ2v) is 8.18. The first-order valence-electron chi connectivity index (χ1n) is 10.2. The number of allylic oxidation sites excluding steroid dienone is 2. The predicted octanol–water partition coefficient (Wildman–Crippen LogP) is 3.44. The van der Waals surface area contributed by atoms with Crippen LogP contribution in [0.25, 0.3) is 10.9 Å². The molecule has 1 unspecified atom stereocenters. The van der Waals surface area contributed by atoms with Crippen LogP contribution in [-0.4, -0.2) is 26.9 Å². The fourth-order valence-electron chi connectivity index (χ4n) is 4.53. The molecule has 3 aliphatic rings. The van der Waals surface area contributed by atoms with Gasteiger partial charge >= 0.3 is 0 Å². The third kappa shape index (κ3) is 2.99. The van der Waals surface area contributed by atoms with Crippen LogP contribution < -0.4 is 5.56 Å². The molecule has 1 aliphatic heterocycles. The van der Waals surface area contributed by atoms with Gasteiger partial charge in [-0.25, -0.2) is 4.98 Å². The van der Waals surface area contributed by atoms with Crippen LogP contribution in [0, 0.1) is 11.8 Å². The summed E-state index contributed by atoms with van der Waals surface area (Å²) in [7, 11) is 0. The van der Waals surface area contributed by atoms with Crippen LogP contribution in [0.2, 0.25) is 0 Å². The molecule has 140 valence electrons. The van der Waals surface area contributed by atoms with E-state index in [0.717, 1.165) is 50.1 Å². The van der Waals surface area contributed by atoms with Gasteiger partial charge in [0.2, 0.25) is 5.91 Å². The number of fused-ring (bicyclic) bond motifs is 1. The Balaban J connectivity index is 1.57. The smallest absolute Gasteiger partial charge is 0.261 e. The van der Waals surface area contributed by atoms with E-state index in [-0.39, 0.29) is 23.4 Å². The predicted molar refractivity (Wildman–Crippen MR) is 104 cm³/mol. The van der Waals surface area contributed by atoms with Crippen molar-refractivity contribution in [1.82, 2.24) is 14.5 Å².